The summed E-state index contributed by atoms with van der Waals surface area (Å²) >= 11 is 0. The van der Waals surface area contributed by atoms with E-state index in [-0.39, 0.29) is 42.6 Å². The van der Waals surface area contributed by atoms with Crippen molar-refractivity contribution < 1.29 is 23.9 Å². The van der Waals surface area contributed by atoms with Gasteiger partial charge in [-0.3, -0.25) is 14.4 Å². The van der Waals surface area contributed by atoms with E-state index in [4.69, 9.17) is 14.5 Å². The normalized spacial score (nSPS) is 23.0. The SMILES string of the molecule is C=CC1CC1NC(=O)[C@@H]1C[C@@H](Oc2cc(-c3ccccc3)nc3cc(OC)ccc23)CN1C(=O)[C@@H](CC(=O)N1CCCCC1)C(C)(C)C. The number of fused-ring (bicyclic) bond motifs is 1. The smallest absolute Gasteiger partial charge is 0.243 e. The van der Waals surface area contributed by atoms with E-state index >= 15 is 0 Å². The number of hydrogen-bond donors (Lipinski definition) is 1. The minimum absolute atomic E-state index is 0.00917. The number of benzene rings is 2. The molecule has 1 aliphatic carbocycles. The number of nitrogens with one attached hydrogen (secondary N) is 1. The molecule has 0 bridgehead atoms. The average Bonchev–Trinajstić information content (AvgIpc) is 3.71. The van der Waals surface area contributed by atoms with Crippen molar-refractivity contribution in [1.29, 1.82) is 0 Å². The number of carbonyl (C=O) groups is 3. The van der Waals surface area contributed by atoms with Gasteiger partial charge in [-0.05, 0) is 49.1 Å². The summed E-state index contributed by atoms with van der Waals surface area (Å²) in [5.41, 5.74) is 1.93. The lowest BCUT2D eigenvalue weighted by Gasteiger charge is -2.36. The average molecular weight is 653 g/mol. The summed E-state index contributed by atoms with van der Waals surface area (Å²) in [7, 11) is 1.62. The third-order valence-corrected chi connectivity index (χ3v) is 10.1. The van der Waals surface area contributed by atoms with Crippen molar-refractivity contribution in [3.05, 3.63) is 67.3 Å². The molecule has 1 saturated carbocycles. The van der Waals surface area contributed by atoms with E-state index in [9.17, 15) is 14.4 Å². The predicted molar refractivity (Wildman–Crippen MR) is 186 cm³/mol. The van der Waals surface area contributed by atoms with E-state index in [1.54, 1.807) is 12.0 Å². The van der Waals surface area contributed by atoms with Crippen LogP contribution >= 0.6 is 0 Å². The molecule has 3 heterocycles. The van der Waals surface area contributed by atoms with Crippen LogP contribution in [0.25, 0.3) is 22.2 Å². The van der Waals surface area contributed by atoms with Crippen molar-refractivity contribution in [1.82, 2.24) is 20.1 Å². The van der Waals surface area contributed by atoms with Crippen LogP contribution in [0.5, 0.6) is 11.5 Å². The van der Waals surface area contributed by atoms with E-state index in [0.717, 1.165) is 60.9 Å². The van der Waals surface area contributed by atoms with E-state index in [1.807, 2.05) is 86.3 Å². The van der Waals surface area contributed by atoms with Crippen LogP contribution < -0.4 is 14.8 Å². The van der Waals surface area contributed by atoms with Crippen molar-refractivity contribution in [2.45, 2.75) is 77.5 Å². The fourth-order valence-electron chi connectivity index (χ4n) is 7.04. The first-order valence-electron chi connectivity index (χ1n) is 17.3. The van der Waals surface area contributed by atoms with Crippen LogP contribution in [-0.2, 0) is 14.4 Å². The molecule has 254 valence electrons. The largest absolute Gasteiger partial charge is 0.497 e. The monoisotopic (exact) mass is 652 g/mol. The molecule has 2 aliphatic heterocycles. The Hall–Kier alpha value is -4.40. The summed E-state index contributed by atoms with van der Waals surface area (Å²) in [5.74, 6) is 0.620. The van der Waals surface area contributed by atoms with Crippen molar-refractivity contribution in [3.8, 4) is 22.8 Å². The summed E-state index contributed by atoms with van der Waals surface area (Å²) in [5, 5.41) is 3.96. The van der Waals surface area contributed by atoms with Gasteiger partial charge < -0.3 is 24.6 Å². The van der Waals surface area contributed by atoms with Crippen molar-refractivity contribution in [2.24, 2.45) is 17.3 Å². The van der Waals surface area contributed by atoms with Gasteiger partial charge in [0.2, 0.25) is 17.7 Å². The highest BCUT2D eigenvalue weighted by Crippen LogP contribution is 2.38. The van der Waals surface area contributed by atoms with Crippen molar-refractivity contribution in [3.63, 3.8) is 0 Å². The van der Waals surface area contributed by atoms with Crippen LogP contribution in [0.4, 0.5) is 0 Å². The maximum absolute atomic E-state index is 14.5. The van der Waals surface area contributed by atoms with Gasteiger partial charge in [0.15, 0.2) is 0 Å². The highest BCUT2D eigenvalue weighted by atomic mass is 16.5. The van der Waals surface area contributed by atoms with Gasteiger partial charge in [-0.15, -0.1) is 6.58 Å². The van der Waals surface area contributed by atoms with E-state index in [0.29, 0.717) is 17.9 Å². The summed E-state index contributed by atoms with van der Waals surface area (Å²) < 4.78 is 12.2. The highest BCUT2D eigenvalue weighted by Gasteiger charge is 2.47. The van der Waals surface area contributed by atoms with Gasteiger partial charge >= 0.3 is 0 Å². The van der Waals surface area contributed by atoms with Crippen LogP contribution in [0.2, 0.25) is 0 Å². The molecule has 2 saturated heterocycles. The summed E-state index contributed by atoms with van der Waals surface area (Å²) in [6.07, 6.45) is 5.82. The predicted octanol–water partition coefficient (Wildman–Crippen LogP) is 6.01. The lowest BCUT2D eigenvalue weighted by molar-refractivity contribution is -0.148. The number of nitrogens with zero attached hydrogens (tertiary/aromatic N) is 3. The number of rotatable bonds is 10. The number of hydrogen-bond acceptors (Lipinski definition) is 6. The fraction of sp³-hybridized carbons (Fsp3) is 0.487. The van der Waals surface area contributed by atoms with Gasteiger partial charge in [0.05, 0.1) is 30.8 Å². The zero-order chi connectivity index (χ0) is 34.0. The summed E-state index contributed by atoms with van der Waals surface area (Å²) in [6.45, 7) is 11.6. The van der Waals surface area contributed by atoms with Gasteiger partial charge in [0, 0.05) is 55.1 Å². The second-order valence-corrected chi connectivity index (χ2v) is 14.6. The Morgan fingerprint density at radius 1 is 1.04 bits per heavy atom. The van der Waals surface area contributed by atoms with Crippen LogP contribution in [0.3, 0.4) is 0 Å². The molecule has 3 fully saturated rings. The first kappa shape index (κ1) is 33.5. The molecule has 48 heavy (non-hydrogen) atoms. The van der Waals surface area contributed by atoms with E-state index < -0.39 is 23.5 Å². The number of likely N-dealkylation sites (tertiary alicyclic amines) is 2. The lowest BCUT2D eigenvalue weighted by atomic mass is 9.77. The van der Waals surface area contributed by atoms with Crippen LogP contribution in [0.15, 0.2) is 67.3 Å². The molecular weight excluding hydrogens is 604 g/mol. The van der Waals surface area contributed by atoms with Crippen LogP contribution in [0, 0.1) is 17.3 Å². The Morgan fingerprint density at radius 3 is 2.46 bits per heavy atom. The summed E-state index contributed by atoms with van der Waals surface area (Å²) in [4.78, 5) is 50.3. The number of methoxy groups -OCH3 is 1. The molecule has 6 rings (SSSR count). The molecule has 3 aliphatic rings. The number of piperidine rings is 1. The first-order valence-corrected chi connectivity index (χ1v) is 17.3. The second-order valence-electron chi connectivity index (χ2n) is 14.6. The second kappa shape index (κ2) is 14.0. The number of amides is 3. The first-order chi connectivity index (χ1) is 23.0. The molecule has 9 heteroatoms. The lowest BCUT2D eigenvalue weighted by Crippen LogP contribution is -2.51. The van der Waals surface area contributed by atoms with Gasteiger partial charge in [-0.1, -0.05) is 57.2 Å². The molecule has 3 amide bonds. The maximum Gasteiger partial charge on any atom is 0.243 e. The molecule has 0 spiro atoms. The highest BCUT2D eigenvalue weighted by molar-refractivity contribution is 5.92. The third-order valence-electron chi connectivity index (χ3n) is 10.1. The molecule has 2 unspecified atom stereocenters. The minimum atomic E-state index is -0.717. The quantitative estimate of drug-likeness (QED) is 0.269. The van der Waals surface area contributed by atoms with E-state index in [2.05, 4.69) is 11.9 Å². The van der Waals surface area contributed by atoms with Crippen molar-refractivity contribution >= 4 is 28.6 Å². The fourth-order valence-corrected chi connectivity index (χ4v) is 7.04. The van der Waals surface area contributed by atoms with Crippen LogP contribution in [0.1, 0.15) is 59.3 Å². The topological polar surface area (TPSA) is 101 Å². The molecule has 2 aromatic carbocycles. The Balaban J connectivity index is 1.30. The van der Waals surface area contributed by atoms with Gasteiger partial charge in [0.1, 0.15) is 23.6 Å². The van der Waals surface area contributed by atoms with Crippen molar-refractivity contribution in [2.75, 3.05) is 26.7 Å². The van der Waals surface area contributed by atoms with Gasteiger partial charge in [-0.2, -0.15) is 0 Å². The zero-order valence-electron chi connectivity index (χ0n) is 28.6. The third kappa shape index (κ3) is 7.35. The standard InChI is InChI=1S/C39H48N4O5/c1-6-25-19-31(25)41-37(45)34-21-28(24-43(34)38(46)30(39(2,3)4)22-36(44)42-17-11-8-12-18-42)48-35-23-32(26-13-9-7-10-14-26)40-33-20-27(47-5)15-16-29(33)35/h6-7,9-10,13-16,20,23,25,28,30-31,34H,1,8,11-12,17-19,21-22,24H2,2-5H3,(H,41,45)/t25?,28-,30-,31?,34+/m1/s1. The van der Waals surface area contributed by atoms with Gasteiger partial charge in [-0.25, -0.2) is 4.98 Å². The zero-order valence-corrected chi connectivity index (χ0v) is 28.6. The number of ether oxygens (including phenoxy) is 2. The molecule has 9 nitrogen and oxygen atoms in total. The number of pyridine rings is 1. The minimum Gasteiger partial charge on any atom is -0.497 e. The molecular formula is C39H48N4O5. The van der Waals surface area contributed by atoms with E-state index in [1.165, 1.54) is 0 Å². The maximum atomic E-state index is 14.5. The molecule has 1 aromatic heterocycles. The molecule has 5 atom stereocenters. The molecule has 1 N–H and O–H groups in total. The van der Waals surface area contributed by atoms with Crippen LogP contribution in [-0.4, -0.2) is 77.4 Å². The Kier molecular flexibility index (Phi) is 9.76. The number of aromatic nitrogens is 1. The summed E-state index contributed by atoms with van der Waals surface area (Å²) in [6, 6.07) is 16.8. The Bertz CT molecular complexity index is 1660. The molecule has 0 radical (unpaired) electrons. The number of carbonyl (C=O) groups excluding carboxylic acids is 3. The Morgan fingerprint density at radius 2 is 1.79 bits per heavy atom. The Labute approximate surface area is 283 Å². The van der Waals surface area contributed by atoms with Gasteiger partial charge in [0.25, 0.3) is 0 Å². The molecule has 3 aromatic rings.